The van der Waals surface area contributed by atoms with Gasteiger partial charge in [0.1, 0.15) is 5.82 Å². The molecule has 1 fully saturated rings. The van der Waals surface area contributed by atoms with Gasteiger partial charge in [-0.25, -0.2) is 0 Å². The van der Waals surface area contributed by atoms with Crippen LogP contribution in [0, 0.1) is 0 Å². The minimum atomic E-state index is 0.296. The summed E-state index contributed by atoms with van der Waals surface area (Å²) in [5.41, 5.74) is 11.7. The summed E-state index contributed by atoms with van der Waals surface area (Å²) in [5.74, 6) is 1.23. The van der Waals surface area contributed by atoms with Crippen molar-refractivity contribution in [1.82, 2.24) is 25.2 Å². The Hall–Kier alpha value is -2.64. The lowest BCUT2D eigenvalue weighted by Gasteiger charge is -2.25. The monoisotopic (exact) mass is 349 g/mol. The van der Waals surface area contributed by atoms with Crippen LogP contribution in [0.2, 0.25) is 0 Å². The van der Waals surface area contributed by atoms with Gasteiger partial charge in [0.2, 0.25) is 5.95 Å². The first-order chi connectivity index (χ1) is 12.8. The maximum atomic E-state index is 5.94. The molecule has 2 aromatic heterocycles. The first-order valence-electron chi connectivity index (χ1n) is 9.23. The van der Waals surface area contributed by atoms with Gasteiger partial charge in [0.05, 0.1) is 0 Å². The van der Waals surface area contributed by atoms with Crippen molar-refractivity contribution in [3.63, 3.8) is 0 Å². The molecule has 26 heavy (non-hydrogen) atoms. The normalized spacial score (nSPS) is 19.6. The molecule has 5 rings (SSSR count). The van der Waals surface area contributed by atoms with Crippen LogP contribution in [0.15, 0.2) is 30.3 Å². The van der Waals surface area contributed by atoms with Gasteiger partial charge >= 0.3 is 0 Å². The van der Waals surface area contributed by atoms with Crippen LogP contribution in [-0.2, 0) is 13.1 Å². The molecule has 1 unspecified atom stereocenters. The molecule has 4 heterocycles. The lowest BCUT2D eigenvalue weighted by atomic mass is 10.0. The van der Waals surface area contributed by atoms with E-state index < -0.39 is 0 Å². The average Bonchev–Trinajstić information content (AvgIpc) is 3.28. The lowest BCUT2D eigenvalue weighted by Crippen LogP contribution is -2.38. The number of pyridine rings is 1. The lowest BCUT2D eigenvalue weighted by molar-refractivity contribution is 0.478. The van der Waals surface area contributed by atoms with Crippen molar-refractivity contribution in [2.24, 2.45) is 0 Å². The van der Waals surface area contributed by atoms with Gasteiger partial charge in [-0.05, 0) is 54.3 Å². The Balaban J connectivity index is 1.56. The smallest absolute Gasteiger partial charge is 0.240 e. The van der Waals surface area contributed by atoms with Gasteiger partial charge in [0.15, 0.2) is 5.65 Å². The molecule has 0 bridgehead atoms. The zero-order valence-electron chi connectivity index (χ0n) is 14.6. The van der Waals surface area contributed by atoms with Gasteiger partial charge in [-0.3, -0.25) is 0 Å². The van der Waals surface area contributed by atoms with E-state index >= 15 is 0 Å². The Morgan fingerprint density at radius 2 is 2.04 bits per heavy atom. The Morgan fingerprint density at radius 1 is 1.12 bits per heavy atom. The highest BCUT2D eigenvalue weighted by Gasteiger charge is 2.18. The zero-order chi connectivity index (χ0) is 17.5. The van der Waals surface area contributed by atoms with Crippen molar-refractivity contribution in [1.29, 1.82) is 0 Å². The van der Waals surface area contributed by atoms with E-state index in [1.165, 1.54) is 17.5 Å². The number of nitrogens with one attached hydrogen (secondary N) is 3. The third-order valence-electron chi connectivity index (χ3n) is 5.30. The van der Waals surface area contributed by atoms with E-state index in [-0.39, 0.29) is 0 Å². The molecule has 1 aromatic carbocycles. The third kappa shape index (κ3) is 2.69. The molecule has 0 spiro atoms. The number of nitrogens with zero attached hydrogens (tertiary/aromatic N) is 3. The topological polar surface area (TPSA) is 92.3 Å². The number of benzene rings is 1. The van der Waals surface area contributed by atoms with Crippen LogP contribution < -0.4 is 21.7 Å². The third-order valence-corrected chi connectivity index (χ3v) is 5.30. The Kier molecular flexibility index (Phi) is 3.76. The van der Waals surface area contributed by atoms with Gasteiger partial charge in [0, 0.05) is 31.2 Å². The van der Waals surface area contributed by atoms with E-state index in [1.54, 1.807) is 0 Å². The predicted molar refractivity (Wildman–Crippen MR) is 103 cm³/mol. The molecule has 1 saturated heterocycles. The Bertz CT molecular complexity index is 956. The van der Waals surface area contributed by atoms with Crippen molar-refractivity contribution in [2.75, 3.05) is 24.1 Å². The molecule has 0 radical (unpaired) electrons. The summed E-state index contributed by atoms with van der Waals surface area (Å²) in [6.45, 7) is 3.92. The maximum absolute atomic E-state index is 5.94. The molecule has 7 nitrogen and oxygen atoms in total. The highest BCUT2D eigenvalue weighted by atomic mass is 15.4. The summed E-state index contributed by atoms with van der Waals surface area (Å²) in [6, 6.07) is 11.2. The van der Waals surface area contributed by atoms with E-state index in [0.29, 0.717) is 12.0 Å². The van der Waals surface area contributed by atoms with Gasteiger partial charge in [-0.1, -0.05) is 12.1 Å². The van der Waals surface area contributed by atoms with Crippen LogP contribution >= 0.6 is 0 Å². The number of aromatic nitrogens is 3. The fraction of sp³-hybridized carbons (Fsp3) is 0.368. The molecule has 134 valence electrons. The van der Waals surface area contributed by atoms with Crippen molar-refractivity contribution < 1.29 is 0 Å². The van der Waals surface area contributed by atoms with Crippen LogP contribution in [0.3, 0.4) is 0 Å². The predicted octanol–water partition coefficient (Wildman–Crippen LogP) is 1.75. The standard InChI is InChI=1S/C19H23N7/c20-19-24-18-16(12-3-4-13-9-22-10-14(13)8-12)5-6-17(26(18)25-19)23-15-2-1-7-21-11-15/h3-6,8,15,21-23H,1-2,7,9-11H2,(H2,20,25). The molecular formula is C19H23N7. The van der Waals surface area contributed by atoms with Crippen LogP contribution in [0.25, 0.3) is 16.8 Å². The second-order valence-corrected chi connectivity index (χ2v) is 7.11. The summed E-state index contributed by atoms with van der Waals surface area (Å²) in [6.07, 6.45) is 2.33. The number of anilines is 2. The SMILES string of the molecule is Nc1nc2c(-c3ccc4c(c3)CNC4)ccc(NC3CCCNC3)n2n1. The summed E-state index contributed by atoms with van der Waals surface area (Å²) in [7, 11) is 0. The molecular weight excluding hydrogens is 326 g/mol. The van der Waals surface area contributed by atoms with Crippen molar-refractivity contribution in [3.05, 3.63) is 41.5 Å². The Labute approximate surface area is 152 Å². The average molecular weight is 349 g/mol. The summed E-state index contributed by atoms with van der Waals surface area (Å²) >= 11 is 0. The van der Waals surface area contributed by atoms with Crippen LogP contribution in [0.1, 0.15) is 24.0 Å². The number of nitrogen functional groups attached to an aromatic ring is 1. The summed E-state index contributed by atoms with van der Waals surface area (Å²) in [5, 5.41) is 14.8. The second kappa shape index (κ2) is 6.26. The minimum absolute atomic E-state index is 0.296. The van der Waals surface area contributed by atoms with Gasteiger partial charge in [0.25, 0.3) is 0 Å². The largest absolute Gasteiger partial charge is 0.366 e. The highest BCUT2D eigenvalue weighted by molar-refractivity contribution is 5.80. The van der Waals surface area contributed by atoms with Crippen molar-refractivity contribution in [3.8, 4) is 11.1 Å². The number of hydrogen-bond acceptors (Lipinski definition) is 6. The molecule has 2 aliphatic heterocycles. The molecule has 0 aliphatic carbocycles. The summed E-state index contributed by atoms with van der Waals surface area (Å²) in [4.78, 5) is 4.50. The van der Waals surface area contributed by atoms with E-state index in [1.807, 2.05) is 4.52 Å². The highest BCUT2D eigenvalue weighted by Crippen LogP contribution is 2.30. The van der Waals surface area contributed by atoms with Gasteiger partial charge in [-0.15, -0.1) is 5.10 Å². The number of hydrogen-bond donors (Lipinski definition) is 4. The number of piperidine rings is 1. The molecule has 2 aliphatic rings. The minimum Gasteiger partial charge on any atom is -0.366 e. The molecule has 0 saturated carbocycles. The molecule has 3 aromatic rings. The van der Waals surface area contributed by atoms with E-state index in [2.05, 4.69) is 56.4 Å². The Morgan fingerprint density at radius 3 is 2.92 bits per heavy atom. The molecule has 5 N–H and O–H groups in total. The summed E-state index contributed by atoms with van der Waals surface area (Å²) < 4.78 is 1.84. The fourth-order valence-corrected chi connectivity index (χ4v) is 3.96. The van der Waals surface area contributed by atoms with E-state index in [4.69, 9.17) is 5.73 Å². The van der Waals surface area contributed by atoms with Gasteiger partial charge < -0.3 is 21.7 Å². The molecule has 0 amide bonds. The maximum Gasteiger partial charge on any atom is 0.240 e. The van der Waals surface area contributed by atoms with Crippen LogP contribution in [0.5, 0.6) is 0 Å². The molecule has 7 heteroatoms. The first kappa shape index (κ1) is 15.6. The second-order valence-electron chi connectivity index (χ2n) is 7.11. The van der Waals surface area contributed by atoms with Gasteiger partial charge in [-0.2, -0.15) is 9.50 Å². The number of rotatable bonds is 3. The van der Waals surface area contributed by atoms with Crippen molar-refractivity contribution >= 4 is 17.4 Å². The zero-order valence-corrected chi connectivity index (χ0v) is 14.6. The van der Waals surface area contributed by atoms with E-state index in [0.717, 1.165) is 55.2 Å². The quantitative estimate of drug-likeness (QED) is 0.576. The molecule has 1 atom stereocenters. The van der Waals surface area contributed by atoms with E-state index in [9.17, 15) is 0 Å². The van der Waals surface area contributed by atoms with Crippen LogP contribution in [0.4, 0.5) is 11.8 Å². The van der Waals surface area contributed by atoms with Crippen LogP contribution in [-0.4, -0.2) is 33.7 Å². The van der Waals surface area contributed by atoms with Crippen molar-refractivity contribution in [2.45, 2.75) is 32.0 Å². The number of nitrogens with two attached hydrogens (primary N) is 1. The fourth-order valence-electron chi connectivity index (χ4n) is 3.96. The first-order valence-corrected chi connectivity index (χ1v) is 9.23. The number of fused-ring (bicyclic) bond motifs is 2.